The van der Waals surface area contributed by atoms with E-state index in [1.807, 2.05) is 0 Å². The molecule has 0 bridgehead atoms. The number of sulfonamides is 1. The molecule has 2 aromatic carbocycles. The predicted molar refractivity (Wildman–Crippen MR) is 128 cm³/mol. The van der Waals surface area contributed by atoms with Crippen molar-refractivity contribution in [2.45, 2.75) is 23.3 Å². The second-order valence-corrected chi connectivity index (χ2v) is 10.3. The molecule has 11 heteroatoms. The molecule has 1 heterocycles. The predicted octanol–water partition coefficient (Wildman–Crippen LogP) is 3.68. The highest BCUT2D eigenvalue weighted by Crippen LogP contribution is 2.37. The lowest BCUT2D eigenvalue weighted by Gasteiger charge is -2.12. The number of benzene rings is 2. The van der Waals surface area contributed by atoms with E-state index in [0.717, 1.165) is 4.31 Å². The lowest BCUT2D eigenvalue weighted by molar-refractivity contribution is 0.521. The molecular formula is C21H25ClFN3O4S2. The van der Waals surface area contributed by atoms with Gasteiger partial charge in [0, 0.05) is 42.8 Å². The third-order valence-electron chi connectivity index (χ3n) is 5.05. The van der Waals surface area contributed by atoms with Gasteiger partial charge in [0.2, 0.25) is 10.0 Å². The standard InChI is InChI=1S/C21H24FN3O4S2.ClH/c1-14-21(15-5-4-6-17(11-15)30(26)27)19-12-18(31(28,29)24(2)3)7-8-20(19)25(14)13-16(22)9-10-23;/h4-9,11-12H,10,13,23H2,1-3H3,(H,26,27);1H/b16-9-;. The minimum absolute atomic E-state index is 0. The molecule has 3 rings (SSSR count). The molecule has 32 heavy (non-hydrogen) atoms. The molecule has 0 saturated heterocycles. The summed E-state index contributed by atoms with van der Waals surface area (Å²) in [6.45, 7) is 1.80. The molecule has 0 spiro atoms. The molecule has 0 saturated carbocycles. The number of nitrogens with zero attached hydrogens (tertiary/aromatic N) is 2. The summed E-state index contributed by atoms with van der Waals surface area (Å²) in [5.41, 5.74) is 8.05. The van der Waals surface area contributed by atoms with Crippen molar-refractivity contribution in [1.29, 1.82) is 0 Å². The average Bonchev–Trinajstić information content (AvgIpc) is 2.99. The molecule has 0 aliphatic rings. The van der Waals surface area contributed by atoms with Crippen LogP contribution in [0.25, 0.3) is 22.0 Å². The van der Waals surface area contributed by atoms with Crippen LogP contribution in [-0.4, -0.2) is 46.7 Å². The molecule has 3 N–H and O–H groups in total. The van der Waals surface area contributed by atoms with E-state index in [1.165, 1.54) is 32.3 Å². The summed E-state index contributed by atoms with van der Waals surface area (Å²) < 4.78 is 63.6. The van der Waals surface area contributed by atoms with Gasteiger partial charge < -0.3 is 14.9 Å². The zero-order chi connectivity index (χ0) is 22.9. The first kappa shape index (κ1) is 26.2. The van der Waals surface area contributed by atoms with Gasteiger partial charge in [-0.2, -0.15) is 0 Å². The summed E-state index contributed by atoms with van der Waals surface area (Å²) in [7, 11) is -0.794. The van der Waals surface area contributed by atoms with Crippen LogP contribution in [0.2, 0.25) is 0 Å². The van der Waals surface area contributed by atoms with Gasteiger partial charge in [0.05, 0.1) is 16.3 Å². The Balaban J connectivity index is 0.00000363. The van der Waals surface area contributed by atoms with E-state index < -0.39 is 26.9 Å². The van der Waals surface area contributed by atoms with Crippen molar-refractivity contribution in [3.8, 4) is 11.1 Å². The number of hydrogen-bond donors (Lipinski definition) is 2. The van der Waals surface area contributed by atoms with Gasteiger partial charge in [0.25, 0.3) is 0 Å². The summed E-state index contributed by atoms with van der Waals surface area (Å²) in [5.74, 6) is -0.413. The normalized spacial score (nSPS) is 13.4. The third-order valence-corrected chi connectivity index (χ3v) is 7.51. The van der Waals surface area contributed by atoms with E-state index >= 15 is 0 Å². The number of hydrogen-bond acceptors (Lipinski definition) is 4. The monoisotopic (exact) mass is 501 g/mol. The van der Waals surface area contributed by atoms with Crippen LogP contribution in [0.4, 0.5) is 4.39 Å². The molecule has 1 unspecified atom stereocenters. The maximum atomic E-state index is 14.3. The Bertz CT molecular complexity index is 1300. The van der Waals surface area contributed by atoms with E-state index in [1.54, 1.807) is 41.8 Å². The van der Waals surface area contributed by atoms with E-state index in [0.29, 0.717) is 27.7 Å². The molecular weight excluding hydrogens is 477 g/mol. The van der Waals surface area contributed by atoms with Crippen LogP contribution in [0.5, 0.6) is 0 Å². The molecule has 0 aliphatic carbocycles. The highest BCUT2D eigenvalue weighted by molar-refractivity contribution is 7.89. The van der Waals surface area contributed by atoms with E-state index in [2.05, 4.69) is 0 Å². The molecule has 7 nitrogen and oxygen atoms in total. The molecule has 0 radical (unpaired) electrons. The van der Waals surface area contributed by atoms with Gasteiger partial charge in [-0.25, -0.2) is 21.3 Å². The van der Waals surface area contributed by atoms with Gasteiger partial charge in [-0.15, -0.1) is 12.4 Å². The highest BCUT2D eigenvalue weighted by atomic mass is 35.5. The Morgan fingerprint density at radius 3 is 2.53 bits per heavy atom. The molecule has 174 valence electrons. The fourth-order valence-corrected chi connectivity index (χ4v) is 4.86. The number of allylic oxidation sites excluding steroid dienone is 1. The number of rotatable bonds is 7. The van der Waals surface area contributed by atoms with Gasteiger partial charge in [-0.3, -0.25) is 0 Å². The smallest absolute Gasteiger partial charge is 0.242 e. The average molecular weight is 502 g/mol. The van der Waals surface area contributed by atoms with Crippen molar-refractivity contribution in [2.24, 2.45) is 5.73 Å². The highest BCUT2D eigenvalue weighted by Gasteiger charge is 2.22. The van der Waals surface area contributed by atoms with Crippen LogP contribution in [0.1, 0.15) is 5.69 Å². The molecule has 1 aromatic heterocycles. The van der Waals surface area contributed by atoms with Crippen LogP contribution >= 0.6 is 12.4 Å². The Morgan fingerprint density at radius 2 is 1.94 bits per heavy atom. The minimum Gasteiger partial charge on any atom is -0.337 e. The molecule has 0 fully saturated rings. The van der Waals surface area contributed by atoms with Gasteiger partial charge in [-0.05, 0) is 48.9 Å². The molecule has 1 atom stereocenters. The zero-order valence-corrected chi connectivity index (χ0v) is 20.2. The first-order valence-corrected chi connectivity index (χ1v) is 11.9. The quantitative estimate of drug-likeness (QED) is 0.480. The Hall–Kier alpha value is -2.08. The third kappa shape index (κ3) is 4.95. The van der Waals surface area contributed by atoms with Crippen LogP contribution < -0.4 is 5.73 Å². The van der Waals surface area contributed by atoms with Crippen LogP contribution in [-0.2, 0) is 27.6 Å². The summed E-state index contributed by atoms with van der Waals surface area (Å²) in [5, 5.41) is 0.599. The van der Waals surface area contributed by atoms with Crippen LogP contribution in [0.3, 0.4) is 0 Å². The first-order valence-electron chi connectivity index (χ1n) is 9.39. The summed E-state index contributed by atoms with van der Waals surface area (Å²) in [4.78, 5) is 0.312. The van der Waals surface area contributed by atoms with Crippen molar-refractivity contribution in [3.05, 3.63) is 60.1 Å². The summed E-state index contributed by atoms with van der Waals surface area (Å²) >= 11 is -2.18. The van der Waals surface area contributed by atoms with Gasteiger partial charge >= 0.3 is 0 Å². The minimum atomic E-state index is -3.69. The Morgan fingerprint density at radius 1 is 1.25 bits per heavy atom. The summed E-state index contributed by atoms with van der Waals surface area (Å²) in [6, 6.07) is 11.2. The second-order valence-electron chi connectivity index (χ2n) is 7.18. The fraction of sp³-hybridized carbons (Fsp3) is 0.238. The number of aromatic nitrogens is 1. The Kier molecular flexibility index (Phi) is 8.38. The van der Waals surface area contributed by atoms with Crippen molar-refractivity contribution in [1.82, 2.24) is 8.87 Å². The first-order chi connectivity index (χ1) is 14.6. The second kappa shape index (κ2) is 10.2. The maximum absolute atomic E-state index is 14.3. The largest absolute Gasteiger partial charge is 0.337 e. The van der Waals surface area contributed by atoms with Gasteiger partial charge in [0.15, 0.2) is 11.1 Å². The number of fused-ring (bicyclic) bond motifs is 1. The lowest BCUT2D eigenvalue weighted by atomic mass is 10.0. The number of nitrogens with two attached hydrogens (primary N) is 1. The molecule has 3 aromatic rings. The maximum Gasteiger partial charge on any atom is 0.242 e. The number of halogens is 2. The van der Waals surface area contributed by atoms with Gasteiger partial charge in [-0.1, -0.05) is 12.1 Å². The molecule has 0 aliphatic heterocycles. The van der Waals surface area contributed by atoms with Crippen molar-refractivity contribution < 1.29 is 21.6 Å². The van der Waals surface area contributed by atoms with E-state index in [4.69, 9.17) is 5.73 Å². The molecule has 0 amide bonds. The zero-order valence-electron chi connectivity index (χ0n) is 17.8. The van der Waals surface area contributed by atoms with Crippen LogP contribution in [0, 0.1) is 6.92 Å². The van der Waals surface area contributed by atoms with Crippen molar-refractivity contribution in [3.63, 3.8) is 0 Å². The SMILES string of the molecule is Cc1c(-c2cccc(S(=O)O)c2)c2cc(S(=O)(=O)N(C)C)ccc2n1C/C(F)=C/CN.Cl. The lowest BCUT2D eigenvalue weighted by Crippen LogP contribution is -2.22. The Labute approximate surface area is 195 Å². The van der Waals surface area contributed by atoms with Crippen LogP contribution in [0.15, 0.2) is 64.2 Å². The van der Waals surface area contributed by atoms with E-state index in [-0.39, 0.29) is 35.3 Å². The van der Waals surface area contributed by atoms with Crippen molar-refractivity contribution >= 4 is 44.4 Å². The fourth-order valence-electron chi connectivity index (χ4n) is 3.50. The topological polar surface area (TPSA) is 106 Å². The van der Waals surface area contributed by atoms with E-state index in [9.17, 15) is 21.6 Å². The summed E-state index contributed by atoms with van der Waals surface area (Å²) in [6.07, 6.45) is 1.28. The van der Waals surface area contributed by atoms with Crippen molar-refractivity contribution in [2.75, 3.05) is 20.6 Å². The van der Waals surface area contributed by atoms with Gasteiger partial charge in [0.1, 0.15) is 5.83 Å².